The van der Waals surface area contributed by atoms with Crippen molar-refractivity contribution in [3.63, 3.8) is 0 Å². The Morgan fingerprint density at radius 3 is 2.53 bits per heavy atom. The number of carbonyl (C=O) groups is 1. The van der Waals surface area contributed by atoms with Crippen molar-refractivity contribution < 1.29 is 14.6 Å². The number of fused-ring (bicyclic) bond motifs is 1. The molecule has 5 rings (SSSR count). The zero-order valence-corrected chi connectivity index (χ0v) is 17.8. The van der Waals surface area contributed by atoms with E-state index in [1.54, 1.807) is 36.7 Å². The molecule has 1 aliphatic carbocycles. The highest BCUT2D eigenvalue weighted by Crippen LogP contribution is 2.40. The minimum absolute atomic E-state index is 0.179. The van der Waals surface area contributed by atoms with E-state index in [0.717, 1.165) is 42.4 Å². The second kappa shape index (κ2) is 8.16. The molecule has 2 heterocycles. The molecule has 0 amide bonds. The maximum atomic E-state index is 12.8. The van der Waals surface area contributed by atoms with Crippen LogP contribution < -0.4 is 4.74 Å². The van der Waals surface area contributed by atoms with Gasteiger partial charge >= 0.3 is 0 Å². The summed E-state index contributed by atoms with van der Waals surface area (Å²) in [5.41, 5.74) is 2.31. The van der Waals surface area contributed by atoms with Gasteiger partial charge in [0.05, 0.1) is 16.6 Å². The number of carbonyl (C=O) groups excluding carboxylic acids is 1. The van der Waals surface area contributed by atoms with Gasteiger partial charge in [0.1, 0.15) is 11.4 Å². The number of rotatable bonds is 5. The SMILES string of the molecule is C[C@]1(O)CC[C@@H](c2nccnc2Oc2ccc(C(=O)c3nc4ccccc4[nH]3)cc2)CC1. The molecule has 0 radical (unpaired) electrons. The lowest BCUT2D eigenvalue weighted by Gasteiger charge is -2.32. The summed E-state index contributed by atoms with van der Waals surface area (Å²) in [5, 5.41) is 10.2. The van der Waals surface area contributed by atoms with Crippen molar-refractivity contribution in [2.45, 2.75) is 44.1 Å². The number of ether oxygens (including phenoxy) is 1. The Hall–Kier alpha value is -3.58. The summed E-state index contributed by atoms with van der Waals surface area (Å²) < 4.78 is 6.03. The van der Waals surface area contributed by atoms with Crippen molar-refractivity contribution in [3.05, 3.63) is 78.0 Å². The first-order chi connectivity index (χ1) is 15.5. The maximum absolute atomic E-state index is 12.8. The van der Waals surface area contributed by atoms with Crippen molar-refractivity contribution in [2.24, 2.45) is 0 Å². The summed E-state index contributed by atoms with van der Waals surface area (Å²) in [6.07, 6.45) is 6.42. The van der Waals surface area contributed by atoms with Crippen LogP contribution in [0.4, 0.5) is 0 Å². The van der Waals surface area contributed by atoms with Gasteiger partial charge in [0.15, 0.2) is 5.82 Å². The molecule has 2 N–H and O–H groups in total. The first kappa shape index (κ1) is 20.3. The summed E-state index contributed by atoms with van der Waals surface area (Å²) >= 11 is 0. The van der Waals surface area contributed by atoms with Gasteiger partial charge in [0, 0.05) is 23.9 Å². The Balaban J connectivity index is 1.33. The van der Waals surface area contributed by atoms with Gasteiger partial charge in [0.2, 0.25) is 11.7 Å². The fraction of sp³-hybridized carbons (Fsp3) is 0.280. The molecule has 0 atom stereocenters. The van der Waals surface area contributed by atoms with Crippen molar-refractivity contribution in [1.82, 2.24) is 19.9 Å². The molecular weight excluding hydrogens is 404 g/mol. The molecule has 4 aromatic rings. The second-order valence-corrected chi connectivity index (χ2v) is 8.58. The van der Waals surface area contributed by atoms with Gasteiger partial charge in [0.25, 0.3) is 0 Å². The fourth-order valence-corrected chi connectivity index (χ4v) is 4.19. The van der Waals surface area contributed by atoms with Crippen LogP contribution in [-0.4, -0.2) is 36.4 Å². The Morgan fingerprint density at radius 1 is 1.06 bits per heavy atom. The molecule has 32 heavy (non-hydrogen) atoms. The van der Waals surface area contributed by atoms with Gasteiger partial charge in [-0.15, -0.1) is 0 Å². The van der Waals surface area contributed by atoms with E-state index in [4.69, 9.17) is 4.74 Å². The number of benzene rings is 2. The molecule has 162 valence electrons. The van der Waals surface area contributed by atoms with Gasteiger partial charge in [-0.3, -0.25) is 9.78 Å². The Kier molecular flexibility index (Phi) is 5.19. The van der Waals surface area contributed by atoms with Gasteiger partial charge in [-0.25, -0.2) is 9.97 Å². The van der Waals surface area contributed by atoms with Crippen LogP contribution in [0.1, 0.15) is 60.4 Å². The lowest BCUT2D eigenvalue weighted by atomic mass is 9.78. The normalized spacial score (nSPS) is 20.9. The van der Waals surface area contributed by atoms with Crippen molar-refractivity contribution in [2.75, 3.05) is 0 Å². The molecule has 0 aliphatic heterocycles. The molecule has 0 saturated heterocycles. The molecule has 7 heteroatoms. The Labute approximate surface area is 185 Å². The van der Waals surface area contributed by atoms with E-state index < -0.39 is 5.60 Å². The van der Waals surface area contributed by atoms with E-state index in [2.05, 4.69) is 19.9 Å². The van der Waals surface area contributed by atoms with Crippen molar-refractivity contribution >= 4 is 16.8 Å². The van der Waals surface area contributed by atoms with Gasteiger partial charge in [-0.1, -0.05) is 12.1 Å². The standard InChI is InChI=1S/C25H24N4O3/c1-25(31)12-10-16(11-13-25)21-24(27-15-14-26-21)32-18-8-6-17(7-9-18)22(30)23-28-19-4-2-3-5-20(19)29-23/h2-9,14-16,31H,10-13H2,1H3,(H,28,29)/t16-,25+. The van der Waals surface area contributed by atoms with Crippen LogP contribution >= 0.6 is 0 Å². The van der Waals surface area contributed by atoms with E-state index in [0.29, 0.717) is 23.0 Å². The van der Waals surface area contributed by atoms with Gasteiger partial charge in [-0.05, 0) is 69.0 Å². The quantitative estimate of drug-likeness (QED) is 0.444. The smallest absolute Gasteiger partial charge is 0.241 e. The topological polar surface area (TPSA) is 101 Å². The summed E-state index contributed by atoms with van der Waals surface area (Å²) in [4.78, 5) is 29.2. The zero-order chi connectivity index (χ0) is 22.1. The molecule has 1 aliphatic rings. The van der Waals surface area contributed by atoms with Gasteiger partial charge < -0.3 is 14.8 Å². The molecule has 1 saturated carbocycles. The Bertz CT molecular complexity index is 1220. The monoisotopic (exact) mass is 428 g/mol. The average molecular weight is 428 g/mol. The lowest BCUT2D eigenvalue weighted by molar-refractivity contribution is 0.0166. The number of ketones is 1. The highest BCUT2D eigenvalue weighted by atomic mass is 16.5. The number of nitrogens with one attached hydrogen (secondary N) is 1. The number of aliphatic hydroxyl groups is 1. The largest absolute Gasteiger partial charge is 0.437 e. The van der Waals surface area contributed by atoms with E-state index in [-0.39, 0.29) is 11.7 Å². The maximum Gasteiger partial charge on any atom is 0.241 e. The third-order valence-corrected chi connectivity index (χ3v) is 6.08. The highest BCUT2D eigenvalue weighted by molar-refractivity contribution is 6.08. The molecule has 2 aromatic carbocycles. The van der Waals surface area contributed by atoms with E-state index >= 15 is 0 Å². The van der Waals surface area contributed by atoms with Crippen molar-refractivity contribution in [1.29, 1.82) is 0 Å². The second-order valence-electron chi connectivity index (χ2n) is 8.58. The molecule has 0 spiro atoms. The molecule has 7 nitrogen and oxygen atoms in total. The third kappa shape index (κ3) is 4.11. The lowest BCUT2D eigenvalue weighted by Crippen LogP contribution is -2.30. The van der Waals surface area contributed by atoms with E-state index in [9.17, 15) is 9.90 Å². The number of para-hydroxylation sites is 2. The summed E-state index contributed by atoms with van der Waals surface area (Å²) in [7, 11) is 0. The van der Waals surface area contributed by atoms with Crippen LogP contribution in [0.2, 0.25) is 0 Å². The number of aromatic amines is 1. The predicted octanol–water partition coefficient (Wildman–Crippen LogP) is 4.78. The average Bonchev–Trinajstić information content (AvgIpc) is 3.24. The molecule has 0 bridgehead atoms. The van der Waals surface area contributed by atoms with Gasteiger partial charge in [-0.2, -0.15) is 0 Å². The summed E-state index contributed by atoms with van der Waals surface area (Å²) in [6, 6.07) is 14.5. The van der Waals surface area contributed by atoms with Crippen LogP contribution in [0.15, 0.2) is 60.9 Å². The van der Waals surface area contributed by atoms with E-state index in [1.165, 1.54) is 0 Å². The number of imidazole rings is 1. The predicted molar refractivity (Wildman–Crippen MR) is 120 cm³/mol. The van der Waals surface area contributed by atoms with Crippen LogP contribution in [-0.2, 0) is 0 Å². The minimum Gasteiger partial charge on any atom is -0.437 e. The van der Waals surface area contributed by atoms with Crippen LogP contribution in [0.5, 0.6) is 11.6 Å². The molecular formula is C25H24N4O3. The molecule has 0 unspecified atom stereocenters. The Morgan fingerprint density at radius 2 is 1.78 bits per heavy atom. The van der Waals surface area contributed by atoms with Crippen molar-refractivity contribution in [3.8, 4) is 11.6 Å². The van der Waals surface area contributed by atoms with E-state index in [1.807, 2.05) is 31.2 Å². The molecule has 1 fully saturated rings. The first-order valence-electron chi connectivity index (χ1n) is 10.8. The van der Waals surface area contributed by atoms with Crippen LogP contribution in [0.3, 0.4) is 0 Å². The number of aromatic nitrogens is 4. The fourth-order valence-electron chi connectivity index (χ4n) is 4.19. The summed E-state index contributed by atoms with van der Waals surface area (Å²) in [5.74, 6) is 1.38. The van der Waals surface area contributed by atoms with Crippen LogP contribution in [0.25, 0.3) is 11.0 Å². The third-order valence-electron chi connectivity index (χ3n) is 6.08. The zero-order valence-electron chi connectivity index (χ0n) is 17.8. The molecule has 2 aromatic heterocycles. The number of hydrogen-bond acceptors (Lipinski definition) is 6. The summed E-state index contributed by atoms with van der Waals surface area (Å²) in [6.45, 7) is 1.88. The van der Waals surface area contributed by atoms with Crippen LogP contribution in [0, 0.1) is 0 Å². The highest BCUT2D eigenvalue weighted by Gasteiger charge is 2.31. The number of H-pyrrole nitrogens is 1. The minimum atomic E-state index is -0.609. The number of hydrogen-bond donors (Lipinski definition) is 2. The number of nitrogens with zero attached hydrogens (tertiary/aromatic N) is 3. The first-order valence-corrected chi connectivity index (χ1v) is 10.8.